The van der Waals surface area contributed by atoms with Crippen LogP contribution < -0.4 is 0 Å². The van der Waals surface area contributed by atoms with Crippen LogP contribution in [-0.4, -0.2) is 60.8 Å². The molecule has 0 aromatic rings. The van der Waals surface area contributed by atoms with E-state index in [-0.39, 0.29) is 31.0 Å². The van der Waals surface area contributed by atoms with Gasteiger partial charge in [-0.15, -0.1) is 0 Å². The van der Waals surface area contributed by atoms with Crippen molar-refractivity contribution in [3.05, 3.63) is 0 Å². The summed E-state index contributed by atoms with van der Waals surface area (Å²) in [5.41, 5.74) is 0. The maximum Gasteiger partial charge on any atom is 0.422 e. The average Bonchev–Trinajstić information content (AvgIpc) is 3.34. The Bertz CT molecular complexity index is 444. The summed E-state index contributed by atoms with van der Waals surface area (Å²) in [6, 6.07) is 0.220. The summed E-state index contributed by atoms with van der Waals surface area (Å²) in [4.78, 5) is 27.0. The van der Waals surface area contributed by atoms with Crippen molar-refractivity contribution in [2.45, 2.75) is 44.8 Å². The number of halogens is 3. The Labute approximate surface area is 133 Å². The van der Waals surface area contributed by atoms with E-state index in [4.69, 9.17) is 0 Å². The molecule has 0 aromatic heterocycles. The molecule has 1 aliphatic carbocycles. The zero-order valence-corrected chi connectivity index (χ0v) is 13.4. The highest BCUT2D eigenvalue weighted by molar-refractivity contribution is 5.79. The number of carbonyl (C=O) groups is 2. The van der Waals surface area contributed by atoms with E-state index in [1.165, 1.54) is 4.90 Å². The second-order valence-electron chi connectivity index (χ2n) is 6.46. The van der Waals surface area contributed by atoms with Gasteiger partial charge >= 0.3 is 12.3 Å². The van der Waals surface area contributed by atoms with E-state index in [1.54, 1.807) is 11.9 Å². The predicted octanol–water partition coefficient (Wildman–Crippen LogP) is 2.65. The predicted molar refractivity (Wildman–Crippen MR) is 76.7 cm³/mol. The number of piperidine rings is 1. The van der Waals surface area contributed by atoms with Crippen LogP contribution in [0.2, 0.25) is 0 Å². The monoisotopic (exact) mass is 336 g/mol. The van der Waals surface area contributed by atoms with Gasteiger partial charge in [-0.1, -0.05) is 0 Å². The molecule has 0 N–H and O–H groups in total. The van der Waals surface area contributed by atoms with Gasteiger partial charge in [0.25, 0.3) is 0 Å². The molecule has 5 nitrogen and oxygen atoms in total. The smallest absolute Gasteiger partial charge is 0.422 e. The highest BCUT2D eigenvalue weighted by atomic mass is 19.4. The lowest BCUT2D eigenvalue weighted by Gasteiger charge is -2.34. The third-order valence-corrected chi connectivity index (χ3v) is 4.72. The van der Waals surface area contributed by atoms with Crippen molar-refractivity contribution in [1.82, 2.24) is 9.80 Å². The highest BCUT2D eigenvalue weighted by Gasteiger charge is 2.37. The number of amides is 2. The SMILES string of the molecule is C[C@H](C1CC1)N(C)C(=O)C1CCN(C(=O)OCC(F)(F)F)CC1. The average molecular weight is 336 g/mol. The molecule has 2 rings (SSSR count). The van der Waals surface area contributed by atoms with Crippen LogP contribution in [0.1, 0.15) is 32.6 Å². The molecule has 2 aliphatic rings. The zero-order chi connectivity index (χ0) is 17.2. The third-order valence-electron chi connectivity index (χ3n) is 4.72. The maximum absolute atomic E-state index is 12.4. The van der Waals surface area contributed by atoms with Crippen LogP contribution in [0.3, 0.4) is 0 Å². The standard InChI is InChI=1S/C15H23F3N2O3/c1-10(11-3-4-11)19(2)13(21)12-5-7-20(8-6-12)14(22)23-9-15(16,17)18/h10-12H,3-9H2,1-2H3/t10-/m1/s1. The summed E-state index contributed by atoms with van der Waals surface area (Å²) in [6.07, 6.45) is -2.26. The Morgan fingerprint density at radius 3 is 2.26 bits per heavy atom. The van der Waals surface area contributed by atoms with E-state index in [0.717, 1.165) is 12.8 Å². The fraction of sp³-hybridized carbons (Fsp3) is 0.867. The Kier molecular flexibility index (Phi) is 5.41. The Morgan fingerprint density at radius 1 is 1.22 bits per heavy atom. The van der Waals surface area contributed by atoms with Crippen molar-refractivity contribution in [2.75, 3.05) is 26.7 Å². The fourth-order valence-corrected chi connectivity index (χ4v) is 2.93. The van der Waals surface area contributed by atoms with Crippen LogP contribution in [-0.2, 0) is 9.53 Å². The Balaban J connectivity index is 1.76. The van der Waals surface area contributed by atoms with Crippen molar-refractivity contribution >= 4 is 12.0 Å². The van der Waals surface area contributed by atoms with Crippen LogP contribution in [0.4, 0.5) is 18.0 Å². The fourth-order valence-electron chi connectivity index (χ4n) is 2.93. The van der Waals surface area contributed by atoms with Gasteiger partial charge in [0.2, 0.25) is 5.91 Å². The molecule has 1 atom stereocenters. The normalized spacial score (nSPS) is 21.0. The van der Waals surface area contributed by atoms with E-state index < -0.39 is 18.9 Å². The summed E-state index contributed by atoms with van der Waals surface area (Å²) >= 11 is 0. The number of nitrogens with zero attached hydrogens (tertiary/aromatic N) is 2. The first-order valence-corrected chi connectivity index (χ1v) is 7.94. The lowest BCUT2D eigenvalue weighted by atomic mass is 9.95. The second-order valence-corrected chi connectivity index (χ2v) is 6.46. The van der Waals surface area contributed by atoms with Gasteiger partial charge in [-0.2, -0.15) is 13.2 Å². The minimum atomic E-state index is -4.52. The summed E-state index contributed by atoms with van der Waals surface area (Å²) < 4.78 is 40.4. The topological polar surface area (TPSA) is 49.9 Å². The minimum Gasteiger partial charge on any atom is -0.440 e. The summed E-state index contributed by atoms with van der Waals surface area (Å²) in [6.45, 7) is 0.961. The number of hydrogen-bond donors (Lipinski definition) is 0. The van der Waals surface area contributed by atoms with Gasteiger partial charge in [-0.25, -0.2) is 4.79 Å². The molecule has 8 heteroatoms. The van der Waals surface area contributed by atoms with E-state index in [0.29, 0.717) is 18.8 Å². The van der Waals surface area contributed by atoms with Gasteiger partial charge in [0.15, 0.2) is 6.61 Å². The van der Waals surface area contributed by atoms with Crippen LogP contribution >= 0.6 is 0 Å². The lowest BCUT2D eigenvalue weighted by molar-refractivity contribution is -0.162. The minimum absolute atomic E-state index is 0.0627. The zero-order valence-electron chi connectivity index (χ0n) is 13.4. The number of rotatable bonds is 4. The van der Waals surface area contributed by atoms with E-state index in [1.807, 2.05) is 6.92 Å². The number of hydrogen-bond acceptors (Lipinski definition) is 3. The molecule has 2 amide bonds. The lowest BCUT2D eigenvalue weighted by Crippen LogP contribution is -2.46. The molecule has 0 unspecified atom stereocenters. The van der Waals surface area contributed by atoms with Crippen molar-refractivity contribution in [3.63, 3.8) is 0 Å². The molecule has 0 bridgehead atoms. The first kappa shape index (κ1) is 17.9. The maximum atomic E-state index is 12.4. The molecule has 23 heavy (non-hydrogen) atoms. The van der Waals surface area contributed by atoms with Gasteiger partial charge < -0.3 is 14.5 Å². The summed E-state index contributed by atoms with van der Waals surface area (Å²) in [7, 11) is 1.80. The van der Waals surface area contributed by atoms with Gasteiger partial charge in [0.05, 0.1) is 0 Å². The van der Waals surface area contributed by atoms with Gasteiger partial charge in [0.1, 0.15) is 0 Å². The van der Waals surface area contributed by atoms with Crippen molar-refractivity contribution in [2.24, 2.45) is 11.8 Å². The van der Waals surface area contributed by atoms with Gasteiger partial charge in [-0.05, 0) is 38.5 Å². The van der Waals surface area contributed by atoms with Crippen LogP contribution in [0.5, 0.6) is 0 Å². The van der Waals surface area contributed by atoms with Crippen molar-refractivity contribution in [3.8, 4) is 0 Å². The molecule has 132 valence electrons. The second kappa shape index (κ2) is 6.97. The first-order valence-electron chi connectivity index (χ1n) is 7.94. The molecule has 2 fully saturated rings. The quantitative estimate of drug-likeness (QED) is 0.793. The third kappa shape index (κ3) is 5.00. The molecular weight excluding hydrogens is 313 g/mol. The number of ether oxygens (including phenoxy) is 1. The number of carbonyl (C=O) groups excluding carboxylic acids is 2. The van der Waals surface area contributed by atoms with E-state index in [2.05, 4.69) is 4.74 Å². The largest absolute Gasteiger partial charge is 0.440 e. The number of likely N-dealkylation sites (tertiary alicyclic amines) is 1. The van der Waals surface area contributed by atoms with Crippen molar-refractivity contribution in [1.29, 1.82) is 0 Å². The van der Waals surface area contributed by atoms with Crippen LogP contribution in [0.25, 0.3) is 0 Å². The van der Waals surface area contributed by atoms with Gasteiger partial charge in [-0.3, -0.25) is 4.79 Å². The molecule has 1 saturated heterocycles. The molecule has 0 spiro atoms. The molecular formula is C15H23F3N2O3. The Hall–Kier alpha value is -1.47. The summed E-state index contributed by atoms with van der Waals surface area (Å²) in [5.74, 6) is 0.474. The molecule has 1 saturated carbocycles. The highest BCUT2D eigenvalue weighted by Crippen LogP contribution is 2.35. The Morgan fingerprint density at radius 2 is 1.78 bits per heavy atom. The van der Waals surface area contributed by atoms with Crippen LogP contribution in [0, 0.1) is 11.8 Å². The van der Waals surface area contributed by atoms with E-state index in [9.17, 15) is 22.8 Å². The van der Waals surface area contributed by atoms with Crippen LogP contribution in [0.15, 0.2) is 0 Å². The van der Waals surface area contributed by atoms with Gasteiger partial charge in [0, 0.05) is 32.1 Å². The van der Waals surface area contributed by atoms with Crippen molar-refractivity contribution < 1.29 is 27.5 Å². The molecule has 1 aliphatic heterocycles. The molecule has 0 radical (unpaired) electrons. The summed E-state index contributed by atoms with van der Waals surface area (Å²) in [5, 5.41) is 0. The first-order chi connectivity index (χ1) is 10.7. The molecule has 0 aromatic carbocycles. The molecule has 1 heterocycles. The van der Waals surface area contributed by atoms with E-state index >= 15 is 0 Å². The number of alkyl halides is 3.